The predicted molar refractivity (Wildman–Crippen MR) is 97.1 cm³/mol. The molecule has 1 N–H and O–H groups in total. The van der Waals surface area contributed by atoms with Crippen molar-refractivity contribution in [3.05, 3.63) is 25.4 Å². The van der Waals surface area contributed by atoms with Crippen molar-refractivity contribution in [2.24, 2.45) is 0 Å². The van der Waals surface area contributed by atoms with Crippen molar-refractivity contribution in [1.82, 2.24) is 10.2 Å². The van der Waals surface area contributed by atoms with E-state index in [0.717, 1.165) is 44.6 Å². The molecule has 0 aromatic heterocycles. The molecule has 0 rings (SSSR count). The summed E-state index contributed by atoms with van der Waals surface area (Å²) in [4.78, 5) is 25.2. The Morgan fingerprint density at radius 2 is 1.48 bits per heavy atom. The second-order valence-corrected chi connectivity index (χ2v) is 5.94. The lowest BCUT2D eigenvalue weighted by Crippen LogP contribution is -2.44. The molecule has 0 aliphatic carbocycles. The molecule has 23 heavy (non-hydrogen) atoms. The second-order valence-electron chi connectivity index (χ2n) is 5.94. The molecule has 4 nitrogen and oxygen atoms in total. The molecule has 132 valence electrons. The number of carbonyl (C=O) groups excluding carboxylic acids is 2. The van der Waals surface area contributed by atoms with E-state index < -0.39 is 11.9 Å². The van der Waals surface area contributed by atoms with Crippen LogP contribution in [0.5, 0.6) is 0 Å². The molecule has 0 radical (unpaired) electrons. The van der Waals surface area contributed by atoms with E-state index in [-0.39, 0.29) is 6.04 Å². The Morgan fingerprint density at radius 1 is 0.957 bits per heavy atom. The molecule has 4 heteroatoms. The fraction of sp³-hybridized carbons (Fsp3) is 0.684. The summed E-state index contributed by atoms with van der Waals surface area (Å²) in [5.74, 6) is -0.475. The first kappa shape index (κ1) is 21.4. The van der Waals surface area contributed by atoms with Crippen molar-refractivity contribution in [1.29, 1.82) is 0 Å². The predicted octanol–water partition coefficient (Wildman–Crippen LogP) is 5.16. The second kappa shape index (κ2) is 14.0. The fourth-order valence-electron chi connectivity index (χ4n) is 2.65. The Kier molecular flexibility index (Phi) is 13.1. The lowest BCUT2D eigenvalue weighted by molar-refractivity contribution is -0.115. The van der Waals surface area contributed by atoms with Crippen LogP contribution in [0.1, 0.15) is 78.1 Å². The summed E-state index contributed by atoms with van der Waals surface area (Å²) >= 11 is 0. The molecule has 0 aromatic rings. The van der Waals surface area contributed by atoms with E-state index in [9.17, 15) is 9.59 Å². The summed E-state index contributed by atoms with van der Waals surface area (Å²) < 4.78 is 0. The van der Waals surface area contributed by atoms with Gasteiger partial charge in [0.25, 0.3) is 5.91 Å². The molecule has 0 saturated heterocycles. The van der Waals surface area contributed by atoms with Gasteiger partial charge in [-0.3, -0.25) is 15.0 Å². The molecule has 1 atom stereocenters. The number of rotatable bonds is 13. The van der Waals surface area contributed by atoms with Gasteiger partial charge < -0.3 is 0 Å². The van der Waals surface area contributed by atoms with E-state index in [0.29, 0.717) is 0 Å². The van der Waals surface area contributed by atoms with Gasteiger partial charge in [0.2, 0.25) is 0 Å². The third-order valence-electron chi connectivity index (χ3n) is 4.02. The van der Waals surface area contributed by atoms with Crippen LogP contribution in [0, 0.1) is 0 Å². The highest BCUT2D eigenvalue weighted by Crippen LogP contribution is 2.18. The van der Waals surface area contributed by atoms with Crippen molar-refractivity contribution in [3.63, 3.8) is 0 Å². The van der Waals surface area contributed by atoms with Crippen molar-refractivity contribution in [2.45, 2.75) is 84.1 Å². The van der Waals surface area contributed by atoms with Crippen molar-refractivity contribution in [3.8, 4) is 0 Å². The van der Waals surface area contributed by atoms with E-state index in [1.165, 1.54) is 31.9 Å². The highest BCUT2D eigenvalue weighted by Gasteiger charge is 2.21. The average molecular weight is 322 g/mol. The first-order chi connectivity index (χ1) is 11.1. The van der Waals surface area contributed by atoms with Gasteiger partial charge in [-0.2, -0.15) is 0 Å². The third kappa shape index (κ3) is 9.93. The van der Waals surface area contributed by atoms with Gasteiger partial charge in [-0.15, -0.1) is 0 Å². The maximum Gasteiger partial charge on any atom is 0.328 e. The van der Waals surface area contributed by atoms with Gasteiger partial charge >= 0.3 is 6.03 Å². The molecule has 0 heterocycles. The number of hydrogen-bond donors (Lipinski definition) is 1. The number of unbranched alkanes of at least 4 members (excludes halogenated alkanes) is 6. The van der Waals surface area contributed by atoms with Crippen molar-refractivity contribution >= 4 is 11.9 Å². The largest absolute Gasteiger partial charge is 0.328 e. The van der Waals surface area contributed by atoms with Crippen LogP contribution in [0.15, 0.2) is 25.4 Å². The Hall–Kier alpha value is -1.58. The fourth-order valence-corrected chi connectivity index (χ4v) is 2.65. The van der Waals surface area contributed by atoms with Crippen molar-refractivity contribution in [2.75, 3.05) is 0 Å². The molecule has 0 spiro atoms. The highest BCUT2D eigenvalue weighted by molar-refractivity contribution is 6.00. The Balaban J connectivity index is 4.62. The average Bonchev–Trinajstić information content (AvgIpc) is 2.54. The van der Waals surface area contributed by atoms with Crippen LogP contribution in [-0.4, -0.2) is 22.9 Å². The van der Waals surface area contributed by atoms with Crippen LogP contribution in [0.4, 0.5) is 4.79 Å². The minimum absolute atomic E-state index is 0.110. The lowest BCUT2D eigenvalue weighted by atomic mass is 10.00. The van der Waals surface area contributed by atoms with Gasteiger partial charge in [0.05, 0.1) is 0 Å². The van der Waals surface area contributed by atoms with Gasteiger partial charge in [0.15, 0.2) is 0 Å². The zero-order chi connectivity index (χ0) is 17.5. The van der Waals surface area contributed by atoms with Crippen LogP contribution in [0.3, 0.4) is 0 Å². The van der Waals surface area contributed by atoms with Gasteiger partial charge in [0.1, 0.15) is 0 Å². The van der Waals surface area contributed by atoms with Gasteiger partial charge in [-0.25, -0.2) is 4.79 Å². The normalized spacial score (nSPS) is 11.6. The standard InChI is InChI=1S/C19H34N2O2/c1-5-9-11-12-14-16-17(15-13-10-6-2)21(8-4)19(23)20-18(22)7-3/h7-8,17H,3-6,9-16H2,1-2H3,(H,20,22,23). The topological polar surface area (TPSA) is 49.4 Å². The molecule has 3 amide bonds. The van der Waals surface area contributed by atoms with Gasteiger partial charge in [-0.05, 0) is 18.9 Å². The van der Waals surface area contributed by atoms with Crippen molar-refractivity contribution < 1.29 is 9.59 Å². The number of hydrogen-bond acceptors (Lipinski definition) is 2. The van der Waals surface area contributed by atoms with Crippen LogP contribution in [-0.2, 0) is 4.79 Å². The lowest BCUT2D eigenvalue weighted by Gasteiger charge is -2.28. The Labute approximate surface area is 142 Å². The summed E-state index contributed by atoms with van der Waals surface area (Å²) in [5, 5.41) is 2.32. The number of amides is 3. The smallest absolute Gasteiger partial charge is 0.298 e. The van der Waals surface area contributed by atoms with Crippen LogP contribution in [0.25, 0.3) is 0 Å². The molecular weight excluding hydrogens is 288 g/mol. The Bertz CT molecular complexity index is 366. The first-order valence-electron chi connectivity index (χ1n) is 8.98. The van der Waals surface area contributed by atoms with Gasteiger partial charge in [0, 0.05) is 12.2 Å². The minimum Gasteiger partial charge on any atom is -0.298 e. The van der Waals surface area contributed by atoms with E-state index >= 15 is 0 Å². The summed E-state index contributed by atoms with van der Waals surface area (Å²) in [6.45, 7) is 11.5. The quantitative estimate of drug-likeness (QED) is 0.376. The molecule has 0 aliphatic rings. The number of nitrogens with zero attached hydrogens (tertiary/aromatic N) is 1. The number of urea groups is 1. The maximum absolute atomic E-state index is 12.2. The number of carbonyl (C=O) groups is 2. The zero-order valence-electron chi connectivity index (χ0n) is 15.0. The number of nitrogens with one attached hydrogen (secondary N) is 1. The molecule has 0 saturated carbocycles. The van der Waals surface area contributed by atoms with E-state index in [4.69, 9.17) is 0 Å². The molecule has 0 aromatic carbocycles. The number of imide groups is 1. The third-order valence-corrected chi connectivity index (χ3v) is 4.02. The van der Waals surface area contributed by atoms with Crippen LogP contribution >= 0.6 is 0 Å². The zero-order valence-corrected chi connectivity index (χ0v) is 15.0. The molecule has 0 aliphatic heterocycles. The summed E-state index contributed by atoms with van der Waals surface area (Å²) in [6.07, 6.45) is 14.0. The highest BCUT2D eigenvalue weighted by atomic mass is 16.2. The summed E-state index contributed by atoms with van der Waals surface area (Å²) in [6, 6.07) is -0.293. The van der Waals surface area contributed by atoms with E-state index in [1.54, 1.807) is 4.90 Å². The summed E-state index contributed by atoms with van der Waals surface area (Å²) in [7, 11) is 0. The Morgan fingerprint density at radius 3 is 2.00 bits per heavy atom. The minimum atomic E-state index is -0.475. The van der Waals surface area contributed by atoms with E-state index in [1.807, 2.05) is 0 Å². The monoisotopic (exact) mass is 322 g/mol. The summed E-state index contributed by atoms with van der Waals surface area (Å²) in [5.41, 5.74) is 0. The molecule has 1 unspecified atom stereocenters. The molecule has 0 fully saturated rings. The van der Waals surface area contributed by atoms with Crippen LogP contribution < -0.4 is 5.32 Å². The van der Waals surface area contributed by atoms with Gasteiger partial charge in [-0.1, -0.05) is 78.4 Å². The molecular formula is C19H34N2O2. The van der Waals surface area contributed by atoms with Crippen LogP contribution in [0.2, 0.25) is 0 Å². The maximum atomic E-state index is 12.2. The SMILES string of the molecule is C=CC(=O)NC(=O)N(C=C)C(CCCCC)CCCCCCC. The molecule has 0 bridgehead atoms. The van der Waals surface area contributed by atoms with E-state index in [2.05, 4.69) is 32.3 Å². The first-order valence-corrected chi connectivity index (χ1v) is 8.98.